The Bertz CT molecular complexity index is 940. The second kappa shape index (κ2) is 7.93. The minimum atomic E-state index is -0.522. The molecule has 27 heavy (non-hydrogen) atoms. The molecule has 0 bridgehead atoms. The van der Waals surface area contributed by atoms with Crippen LogP contribution in [-0.4, -0.2) is 42.7 Å². The predicted molar refractivity (Wildman–Crippen MR) is 107 cm³/mol. The number of nitrogens with one attached hydrogen (secondary N) is 2. The van der Waals surface area contributed by atoms with Gasteiger partial charge < -0.3 is 21.5 Å². The lowest BCUT2D eigenvalue weighted by molar-refractivity contribution is 0.208. The number of aliphatic hydroxyl groups excluding tert-OH is 1. The van der Waals surface area contributed by atoms with E-state index in [1.807, 2.05) is 26.0 Å². The molecule has 1 unspecified atom stereocenters. The van der Waals surface area contributed by atoms with Crippen molar-refractivity contribution < 1.29 is 5.11 Å². The number of nitrogens with zero attached hydrogens (tertiary/aromatic N) is 5. The third-order valence-corrected chi connectivity index (χ3v) is 4.23. The van der Waals surface area contributed by atoms with Crippen LogP contribution in [0, 0.1) is 0 Å². The van der Waals surface area contributed by atoms with Crippen LogP contribution in [0.3, 0.4) is 0 Å². The number of benzene rings is 1. The van der Waals surface area contributed by atoms with E-state index in [0.717, 1.165) is 5.56 Å². The monoisotopic (exact) mass is 390 g/mol. The number of hydrogen-bond acceptors (Lipinski definition) is 8. The zero-order chi connectivity index (χ0) is 19.6. The van der Waals surface area contributed by atoms with Crippen LogP contribution in [0.5, 0.6) is 0 Å². The molecule has 1 atom stereocenters. The number of aliphatic hydroxyl groups is 1. The minimum Gasteiger partial charge on any atom is -0.398 e. The molecule has 144 valence electrons. The summed E-state index contributed by atoms with van der Waals surface area (Å²) >= 11 is 5.97. The molecule has 2 heterocycles. The predicted octanol–water partition coefficient (Wildman–Crippen LogP) is 2.44. The van der Waals surface area contributed by atoms with Gasteiger partial charge in [0.15, 0.2) is 17.0 Å². The molecule has 0 aliphatic heterocycles. The van der Waals surface area contributed by atoms with Crippen LogP contribution in [0.1, 0.15) is 32.4 Å². The smallest absolute Gasteiger partial charge is 0.226 e. The summed E-state index contributed by atoms with van der Waals surface area (Å²) in [4.78, 5) is 8.98. The van der Waals surface area contributed by atoms with Gasteiger partial charge in [-0.3, -0.25) is 0 Å². The third kappa shape index (κ3) is 4.37. The molecule has 2 aromatic heterocycles. The average Bonchev–Trinajstić information content (AvgIpc) is 3.05. The molecule has 0 radical (unpaired) electrons. The molecule has 10 heteroatoms. The van der Waals surface area contributed by atoms with Gasteiger partial charge in [0.1, 0.15) is 0 Å². The third-order valence-electron chi connectivity index (χ3n) is 3.89. The van der Waals surface area contributed by atoms with Gasteiger partial charge in [0.05, 0.1) is 22.9 Å². The molecular formula is C17H23ClN8O. The SMILES string of the molecule is CC(O)CNc1nc(NCc2ccc(Cl)c(N)c2)c2nnn(C(C)C)c2n1. The van der Waals surface area contributed by atoms with E-state index in [1.165, 1.54) is 0 Å². The van der Waals surface area contributed by atoms with Crippen LogP contribution in [0.25, 0.3) is 11.2 Å². The van der Waals surface area contributed by atoms with Gasteiger partial charge in [0.25, 0.3) is 0 Å². The number of hydrogen-bond donors (Lipinski definition) is 4. The Kier molecular flexibility index (Phi) is 5.62. The van der Waals surface area contributed by atoms with Crippen LogP contribution in [0.2, 0.25) is 5.02 Å². The number of rotatable bonds is 7. The second-order valence-electron chi connectivity index (χ2n) is 6.64. The van der Waals surface area contributed by atoms with Crippen molar-refractivity contribution in [2.75, 3.05) is 22.9 Å². The van der Waals surface area contributed by atoms with Crippen LogP contribution >= 0.6 is 11.6 Å². The van der Waals surface area contributed by atoms with Crippen LogP contribution in [0.15, 0.2) is 18.2 Å². The van der Waals surface area contributed by atoms with E-state index in [0.29, 0.717) is 46.7 Å². The minimum absolute atomic E-state index is 0.0958. The van der Waals surface area contributed by atoms with Gasteiger partial charge in [-0.25, -0.2) is 4.68 Å². The van der Waals surface area contributed by atoms with Crippen molar-refractivity contribution >= 4 is 40.2 Å². The highest BCUT2D eigenvalue weighted by Gasteiger charge is 2.16. The van der Waals surface area contributed by atoms with Gasteiger partial charge >= 0.3 is 0 Å². The number of aromatic nitrogens is 5. The summed E-state index contributed by atoms with van der Waals surface area (Å²) in [6.07, 6.45) is -0.522. The van der Waals surface area contributed by atoms with Crippen molar-refractivity contribution in [2.24, 2.45) is 0 Å². The van der Waals surface area contributed by atoms with E-state index in [9.17, 15) is 5.11 Å². The van der Waals surface area contributed by atoms with Crippen LogP contribution < -0.4 is 16.4 Å². The van der Waals surface area contributed by atoms with E-state index < -0.39 is 6.10 Å². The van der Waals surface area contributed by atoms with Crippen molar-refractivity contribution in [3.05, 3.63) is 28.8 Å². The Balaban J connectivity index is 1.92. The highest BCUT2D eigenvalue weighted by atomic mass is 35.5. The van der Waals surface area contributed by atoms with Gasteiger partial charge in [-0.05, 0) is 38.5 Å². The zero-order valence-electron chi connectivity index (χ0n) is 15.4. The first kappa shape index (κ1) is 19.1. The summed E-state index contributed by atoms with van der Waals surface area (Å²) in [5.41, 5.74) is 8.54. The van der Waals surface area contributed by atoms with Gasteiger partial charge in [0, 0.05) is 13.1 Å². The Morgan fingerprint density at radius 3 is 2.67 bits per heavy atom. The Morgan fingerprint density at radius 1 is 1.22 bits per heavy atom. The van der Waals surface area contributed by atoms with Gasteiger partial charge in [-0.1, -0.05) is 22.9 Å². The largest absolute Gasteiger partial charge is 0.398 e. The maximum atomic E-state index is 9.51. The topological polar surface area (TPSA) is 127 Å². The molecule has 3 rings (SSSR count). The molecule has 0 saturated carbocycles. The lowest BCUT2D eigenvalue weighted by atomic mass is 10.2. The van der Waals surface area contributed by atoms with E-state index >= 15 is 0 Å². The lowest BCUT2D eigenvalue weighted by Gasteiger charge is -2.12. The maximum absolute atomic E-state index is 9.51. The summed E-state index contributed by atoms with van der Waals surface area (Å²) < 4.78 is 1.73. The van der Waals surface area contributed by atoms with Crippen molar-refractivity contribution in [2.45, 2.75) is 39.5 Å². The molecule has 0 spiro atoms. The van der Waals surface area contributed by atoms with Crippen LogP contribution in [0.4, 0.5) is 17.5 Å². The molecule has 0 aliphatic carbocycles. The number of fused-ring (bicyclic) bond motifs is 1. The highest BCUT2D eigenvalue weighted by molar-refractivity contribution is 6.33. The fraction of sp³-hybridized carbons (Fsp3) is 0.412. The molecule has 9 nitrogen and oxygen atoms in total. The summed E-state index contributed by atoms with van der Waals surface area (Å²) in [5.74, 6) is 0.944. The van der Waals surface area contributed by atoms with Gasteiger partial charge in [-0.2, -0.15) is 9.97 Å². The molecule has 0 aliphatic rings. The Morgan fingerprint density at radius 2 is 2.00 bits per heavy atom. The van der Waals surface area contributed by atoms with E-state index in [1.54, 1.807) is 17.7 Å². The van der Waals surface area contributed by atoms with Gasteiger partial charge in [0.2, 0.25) is 5.95 Å². The summed E-state index contributed by atoms with van der Waals surface area (Å²) in [5, 5.41) is 24.7. The number of nitrogen functional groups attached to an aromatic ring is 1. The lowest BCUT2D eigenvalue weighted by Crippen LogP contribution is -2.18. The Labute approximate surface area is 161 Å². The molecule has 0 amide bonds. The quantitative estimate of drug-likeness (QED) is 0.453. The number of halogens is 1. The highest BCUT2D eigenvalue weighted by Crippen LogP contribution is 2.24. The fourth-order valence-electron chi connectivity index (χ4n) is 2.51. The first-order chi connectivity index (χ1) is 12.8. The Hall–Kier alpha value is -2.65. The van der Waals surface area contributed by atoms with Crippen molar-refractivity contribution in [1.29, 1.82) is 0 Å². The molecule has 0 saturated heterocycles. The second-order valence-corrected chi connectivity index (χ2v) is 7.04. The van der Waals surface area contributed by atoms with Crippen molar-refractivity contribution in [1.82, 2.24) is 25.0 Å². The zero-order valence-corrected chi connectivity index (χ0v) is 16.2. The molecule has 3 aromatic rings. The first-order valence-corrected chi connectivity index (χ1v) is 9.05. The molecule has 1 aromatic carbocycles. The fourth-order valence-corrected chi connectivity index (χ4v) is 2.63. The standard InChI is InChI=1S/C17H23ClN8O/c1-9(2)26-16-14(24-25-26)15(22-17(23-16)21-7-10(3)27)20-8-11-4-5-12(18)13(19)6-11/h4-6,9-10,27H,7-8,19H2,1-3H3,(H2,20,21,22,23). The van der Waals surface area contributed by atoms with E-state index in [4.69, 9.17) is 17.3 Å². The molecular weight excluding hydrogens is 368 g/mol. The summed E-state index contributed by atoms with van der Waals surface area (Å²) in [7, 11) is 0. The maximum Gasteiger partial charge on any atom is 0.226 e. The normalized spacial score (nSPS) is 12.5. The summed E-state index contributed by atoms with van der Waals surface area (Å²) in [6.45, 7) is 6.51. The molecule has 0 fully saturated rings. The number of nitrogens with two attached hydrogens (primary N) is 1. The molecule has 5 N–H and O–H groups in total. The summed E-state index contributed by atoms with van der Waals surface area (Å²) in [6, 6.07) is 5.56. The average molecular weight is 391 g/mol. The van der Waals surface area contributed by atoms with Crippen LogP contribution in [-0.2, 0) is 6.54 Å². The van der Waals surface area contributed by atoms with Gasteiger partial charge in [-0.15, -0.1) is 5.10 Å². The first-order valence-electron chi connectivity index (χ1n) is 8.67. The van der Waals surface area contributed by atoms with E-state index in [2.05, 4.69) is 30.9 Å². The number of anilines is 3. The van der Waals surface area contributed by atoms with Crippen molar-refractivity contribution in [3.63, 3.8) is 0 Å². The van der Waals surface area contributed by atoms with Crippen molar-refractivity contribution in [3.8, 4) is 0 Å². The van der Waals surface area contributed by atoms with E-state index in [-0.39, 0.29) is 6.04 Å².